The first-order valence-corrected chi connectivity index (χ1v) is 6.13. The fourth-order valence-corrected chi connectivity index (χ4v) is 2.21. The molecule has 0 spiro atoms. The van der Waals surface area contributed by atoms with Crippen LogP contribution in [0.2, 0.25) is 0 Å². The molecule has 16 heavy (non-hydrogen) atoms. The lowest BCUT2D eigenvalue weighted by Gasteiger charge is -2.21. The van der Waals surface area contributed by atoms with E-state index in [2.05, 4.69) is 38.2 Å². The minimum atomic E-state index is 0.524. The largest absolute Gasteiger partial charge is 0.397 e. The van der Waals surface area contributed by atoms with Crippen molar-refractivity contribution in [3.05, 3.63) is 23.8 Å². The van der Waals surface area contributed by atoms with Crippen molar-refractivity contribution in [2.24, 2.45) is 11.3 Å². The lowest BCUT2D eigenvalue weighted by molar-refractivity contribution is 0.380. The van der Waals surface area contributed by atoms with E-state index in [4.69, 9.17) is 5.73 Å². The summed E-state index contributed by atoms with van der Waals surface area (Å²) in [7, 11) is 0. The summed E-state index contributed by atoms with van der Waals surface area (Å²) < 4.78 is 0. The Hall–Kier alpha value is -1.18. The van der Waals surface area contributed by atoms with Gasteiger partial charge in [0.2, 0.25) is 0 Å². The second-order valence-corrected chi connectivity index (χ2v) is 5.46. The lowest BCUT2D eigenvalue weighted by atomic mass is 9.92. The molecule has 88 valence electrons. The van der Waals surface area contributed by atoms with Gasteiger partial charge in [-0.05, 0) is 48.8 Å². The molecule has 0 aliphatic heterocycles. The van der Waals surface area contributed by atoms with Crippen molar-refractivity contribution in [1.82, 2.24) is 0 Å². The lowest BCUT2D eigenvalue weighted by Crippen LogP contribution is -2.21. The number of nitrogens with one attached hydrogen (secondary N) is 1. The van der Waals surface area contributed by atoms with Gasteiger partial charge in [-0.25, -0.2) is 0 Å². The van der Waals surface area contributed by atoms with Crippen molar-refractivity contribution in [2.45, 2.75) is 33.6 Å². The number of nitrogen functional groups attached to an aromatic ring is 1. The van der Waals surface area contributed by atoms with E-state index in [1.165, 1.54) is 18.4 Å². The molecule has 1 aromatic carbocycles. The Morgan fingerprint density at radius 2 is 2.06 bits per heavy atom. The predicted octanol–water partition coefficient (Wildman–Crippen LogP) is 3.43. The van der Waals surface area contributed by atoms with E-state index >= 15 is 0 Å². The monoisotopic (exact) mass is 218 g/mol. The summed E-state index contributed by atoms with van der Waals surface area (Å²) in [5.41, 5.74) is 9.67. The third kappa shape index (κ3) is 2.16. The Balaban J connectivity index is 2.02. The first kappa shape index (κ1) is 11.3. The van der Waals surface area contributed by atoms with Gasteiger partial charge in [-0.15, -0.1) is 0 Å². The Kier molecular flexibility index (Phi) is 2.83. The van der Waals surface area contributed by atoms with Gasteiger partial charge >= 0.3 is 0 Å². The van der Waals surface area contributed by atoms with E-state index in [0.717, 1.165) is 23.8 Å². The molecular formula is C14H22N2. The van der Waals surface area contributed by atoms with E-state index in [0.29, 0.717) is 5.41 Å². The van der Waals surface area contributed by atoms with Gasteiger partial charge in [-0.2, -0.15) is 0 Å². The minimum Gasteiger partial charge on any atom is -0.397 e. The fourth-order valence-electron chi connectivity index (χ4n) is 2.21. The summed E-state index contributed by atoms with van der Waals surface area (Å²) in [6.07, 6.45) is 2.70. The van der Waals surface area contributed by atoms with Gasteiger partial charge < -0.3 is 11.1 Å². The fraction of sp³-hybridized carbons (Fsp3) is 0.571. The van der Waals surface area contributed by atoms with E-state index < -0.39 is 0 Å². The second-order valence-electron chi connectivity index (χ2n) is 5.46. The number of hydrogen-bond acceptors (Lipinski definition) is 2. The maximum atomic E-state index is 5.95. The Bertz CT molecular complexity index is 378. The van der Waals surface area contributed by atoms with Crippen molar-refractivity contribution >= 4 is 11.4 Å². The van der Waals surface area contributed by atoms with Crippen LogP contribution in [0.4, 0.5) is 11.4 Å². The van der Waals surface area contributed by atoms with E-state index in [1.54, 1.807) is 0 Å². The van der Waals surface area contributed by atoms with Crippen LogP contribution < -0.4 is 11.1 Å². The van der Waals surface area contributed by atoms with Gasteiger partial charge in [0, 0.05) is 6.54 Å². The van der Waals surface area contributed by atoms with Gasteiger partial charge in [0.05, 0.1) is 11.4 Å². The highest BCUT2D eigenvalue weighted by Crippen LogP contribution is 2.51. The van der Waals surface area contributed by atoms with Crippen LogP contribution in [0.3, 0.4) is 0 Å². The van der Waals surface area contributed by atoms with E-state index in [-0.39, 0.29) is 0 Å². The van der Waals surface area contributed by atoms with Gasteiger partial charge in [-0.1, -0.05) is 19.9 Å². The summed E-state index contributed by atoms with van der Waals surface area (Å²) in [6.45, 7) is 7.78. The van der Waals surface area contributed by atoms with Gasteiger partial charge in [-0.3, -0.25) is 0 Å². The maximum Gasteiger partial charge on any atom is 0.0576 e. The summed E-state index contributed by atoms with van der Waals surface area (Å²) in [5.74, 6) is 0.756. The molecule has 2 nitrogen and oxygen atoms in total. The zero-order chi connectivity index (χ0) is 11.8. The Morgan fingerprint density at radius 3 is 2.62 bits per heavy atom. The number of benzene rings is 1. The highest BCUT2D eigenvalue weighted by atomic mass is 14.9. The van der Waals surface area contributed by atoms with Crippen LogP contribution in [0.1, 0.15) is 32.3 Å². The zero-order valence-corrected chi connectivity index (χ0v) is 10.5. The number of anilines is 2. The standard InChI is InChI=1S/C14H22N2/c1-10(2)14(6-7-14)9-16-13-8-11(3)4-5-12(13)15/h4-5,8,10,16H,6-7,9,15H2,1-3H3. The smallest absolute Gasteiger partial charge is 0.0576 e. The normalized spacial score (nSPS) is 17.5. The van der Waals surface area contributed by atoms with E-state index in [9.17, 15) is 0 Å². The highest BCUT2D eigenvalue weighted by Gasteiger charge is 2.44. The molecule has 1 aromatic rings. The molecule has 0 unspecified atom stereocenters. The van der Waals surface area contributed by atoms with Crippen LogP contribution in [0.15, 0.2) is 18.2 Å². The predicted molar refractivity (Wildman–Crippen MR) is 70.6 cm³/mol. The quantitative estimate of drug-likeness (QED) is 0.760. The molecule has 0 radical (unpaired) electrons. The van der Waals surface area contributed by atoms with Crippen molar-refractivity contribution in [3.8, 4) is 0 Å². The number of hydrogen-bond donors (Lipinski definition) is 2. The molecule has 1 saturated carbocycles. The topological polar surface area (TPSA) is 38.0 Å². The average Bonchev–Trinajstić information content (AvgIpc) is 3.00. The SMILES string of the molecule is Cc1ccc(N)c(NCC2(C(C)C)CC2)c1. The summed E-state index contributed by atoms with van der Waals surface area (Å²) in [5, 5.41) is 3.51. The summed E-state index contributed by atoms with van der Waals surface area (Å²) in [6, 6.07) is 6.16. The number of nitrogens with two attached hydrogens (primary N) is 1. The molecule has 0 atom stereocenters. The summed E-state index contributed by atoms with van der Waals surface area (Å²) >= 11 is 0. The molecule has 0 heterocycles. The first-order valence-electron chi connectivity index (χ1n) is 6.13. The van der Waals surface area contributed by atoms with E-state index in [1.807, 2.05) is 6.07 Å². The zero-order valence-electron chi connectivity index (χ0n) is 10.5. The average molecular weight is 218 g/mol. The molecule has 0 aromatic heterocycles. The second kappa shape index (κ2) is 4.00. The van der Waals surface area contributed by atoms with Crippen molar-refractivity contribution < 1.29 is 0 Å². The minimum absolute atomic E-state index is 0.524. The molecular weight excluding hydrogens is 196 g/mol. The maximum absolute atomic E-state index is 5.95. The van der Waals surface area contributed by atoms with Crippen molar-refractivity contribution in [1.29, 1.82) is 0 Å². The molecule has 1 aliphatic carbocycles. The molecule has 2 rings (SSSR count). The Morgan fingerprint density at radius 1 is 1.38 bits per heavy atom. The molecule has 0 saturated heterocycles. The highest BCUT2D eigenvalue weighted by molar-refractivity contribution is 5.67. The number of rotatable bonds is 4. The molecule has 0 amide bonds. The number of aryl methyl sites for hydroxylation is 1. The van der Waals surface area contributed by atoms with Gasteiger partial charge in [0.1, 0.15) is 0 Å². The molecule has 1 aliphatic rings. The third-order valence-corrected chi connectivity index (χ3v) is 3.96. The van der Waals surface area contributed by atoms with Crippen LogP contribution in [-0.2, 0) is 0 Å². The molecule has 2 heteroatoms. The third-order valence-electron chi connectivity index (χ3n) is 3.96. The van der Waals surface area contributed by atoms with Gasteiger partial charge in [0.25, 0.3) is 0 Å². The summed E-state index contributed by atoms with van der Waals surface area (Å²) in [4.78, 5) is 0. The molecule has 3 N–H and O–H groups in total. The van der Waals surface area contributed by atoms with Crippen molar-refractivity contribution in [2.75, 3.05) is 17.6 Å². The first-order chi connectivity index (χ1) is 7.53. The van der Waals surface area contributed by atoms with Crippen LogP contribution in [0.25, 0.3) is 0 Å². The van der Waals surface area contributed by atoms with Crippen LogP contribution in [0.5, 0.6) is 0 Å². The van der Waals surface area contributed by atoms with Crippen LogP contribution in [0, 0.1) is 18.3 Å². The molecule has 1 fully saturated rings. The van der Waals surface area contributed by atoms with Crippen LogP contribution in [-0.4, -0.2) is 6.54 Å². The Labute approximate surface area is 98.2 Å². The van der Waals surface area contributed by atoms with Crippen LogP contribution >= 0.6 is 0 Å². The van der Waals surface area contributed by atoms with Crippen molar-refractivity contribution in [3.63, 3.8) is 0 Å². The molecule has 0 bridgehead atoms. The van der Waals surface area contributed by atoms with Gasteiger partial charge in [0.15, 0.2) is 0 Å².